The molecule has 0 bridgehead atoms. The maximum atomic E-state index is 10.6. The van der Waals surface area contributed by atoms with Gasteiger partial charge in [-0.25, -0.2) is 0 Å². The zero-order valence-corrected chi connectivity index (χ0v) is 12.1. The molecule has 3 nitrogen and oxygen atoms in total. The lowest BCUT2D eigenvalue weighted by Gasteiger charge is -2.11. The number of rotatable bonds is 7. The van der Waals surface area contributed by atoms with Gasteiger partial charge in [-0.05, 0) is 35.9 Å². The summed E-state index contributed by atoms with van der Waals surface area (Å²) in [5.74, 6) is 0.701. The number of carboxylic acid groups (broad SMARTS) is 1. The van der Waals surface area contributed by atoms with Crippen LogP contribution in [0, 0.1) is 5.92 Å². The van der Waals surface area contributed by atoms with E-state index in [2.05, 4.69) is 0 Å². The van der Waals surface area contributed by atoms with E-state index in [1.165, 1.54) is 0 Å². The van der Waals surface area contributed by atoms with E-state index in [4.69, 9.17) is 34.0 Å². The first-order valence-electron chi connectivity index (χ1n) is 5.46. The largest absolute Gasteiger partial charge is 0.481 e. The van der Waals surface area contributed by atoms with Gasteiger partial charge in [-0.2, -0.15) is 11.8 Å². The van der Waals surface area contributed by atoms with Crippen LogP contribution in [0.4, 0.5) is 0 Å². The molecule has 1 rings (SSSR count). The van der Waals surface area contributed by atoms with Crippen LogP contribution in [-0.4, -0.2) is 23.4 Å². The molecule has 1 aromatic carbocycles. The van der Waals surface area contributed by atoms with Crippen LogP contribution in [0.2, 0.25) is 10.0 Å². The topological polar surface area (TPSA) is 63.3 Å². The van der Waals surface area contributed by atoms with Crippen LogP contribution in [0.1, 0.15) is 12.0 Å². The molecule has 0 saturated heterocycles. The Hall–Kier alpha value is -0.420. The predicted octanol–water partition coefficient (Wildman–Crippen LogP) is 3.28. The summed E-state index contributed by atoms with van der Waals surface area (Å²) in [4.78, 5) is 10.6. The first-order valence-corrected chi connectivity index (χ1v) is 7.37. The molecule has 100 valence electrons. The molecular weight excluding hydrogens is 293 g/mol. The number of carbonyl (C=O) groups is 1. The van der Waals surface area contributed by atoms with Crippen molar-refractivity contribution in [3.05, 3.63) is 33.8 Å². The molecule has 1 atom stereocenters. The number of halogens is 2. The summed E-state index contributed by atoms with van der Waals surface area (Å²) >= 11 is 13.4. The fraction of sp³-hybridized carbons (Fsp3) is 0.417. The van der Waals surface area contributed by atoms with Gasteiger partial charge in [0.05, 0.1) is 16.5 Å². The molecule has 0 spiro atoms. The molecule has 0 aliphatic carbocycles. The second-order valence-electron chi connectivity index (χ2n) is 3.96. The number of carboxylic acids is 1. The minimum atomic E-state index is -0.805. The highest BCUT2D eigenvalue weighted by Gasteiger charge is 2.11. The molecule has 0 heterocycles. The third kappa shape index (κ3) is 5.48. The summed E-state index contributed by atoms with van der Waals surface area (Å²) < 4.78 is 0. The molecule has 0 aliphatic rings. The molecule has 0 fully saturated rings. The van der Waals surface area contributed by atoms with Gasteiger partial charge in [0.15, 0.2) is 0 Å². The number of hydrogen-bond acceptors (Lipinski definition) is 3. The van der Waals surface area contributed by atoms with Crippen LogP contribution in [-0.2, 0) is 10.5 Å². The highest BCUT2D eigenvalue weighted by Crippen LogP contribution is 2.25. The van der Waals surface area contributed by atoms with Crippen molar-refractivity contribution in [3.63, 3.8) is 0 Å². The van der Waals surface area contributed by atoms with Gasteiger partial charge in [-0.15, -0.1) is 0 Å². The van der Waals surface area contributed by atoms with Crippen molar-refractivity contribution in [3.8, 4) is 0 Å². The Balaban J connectivity index is 2.40. The van der Waals surface area contributed by atoms with Gasteiger partial charge < -0.3 is 10.8 Å². The van der Waals surface area contributed by atoms with Gasteiger partial charge in [-0.1, -0.05) is 29.3 Å². The molecule has 0 saturated carbocycles. The zero-order chi connectivity index (χ0) is 13.5. The van der Waals surface area contributed by atoms with Gasteiger partial charge in [0.1, 0.15) is 0 Å². The maximum Gasteiger partial charge on any atom is 0.303 e. The lowest BCUT2D eigenvalue weighted by molar-refractivity contribution is -0.137. The van der Waals surface area contributed by atoms with Crippen molar-refractivity contribution in [2.45, 2.75) is 12.2 Å². The Morgan fingerprint density at radius 3 is 2.67 bits per heavy atom. The zero-order valence-electron chi connectivity index (χ0n) is 9.73. The van der Waals surface area contributed by atoms with Crippen LogP contribution in [0.5, 0.6) is 0 Å². The SMILES string of the molecule is NCC(CSCc1ccc(Cl)c(Cl)c1)CC(=O)O. The Bertz CT molecular complexity index is 415. The van der Waals surface area contributed by atoms with Crippen molar-refractivity contribution >= 4 is 40.9 Å². The molecule has 0 amide bonds. The molecule has 0 aromatic heterocycles. The van der Waals surface area contributed by atoms with E-state index in [9.17, 15) is 4.79 Å². The standard InChI is InChI=1S/C12H15Cl2NO2S/c13-10-2-1-8(3-11(10)14)6-18-7-9(5-15)4-12(16)17/h1-3,9H,4-7,15H2,(H,16,17). The predicted molar refractivity (Wildman–Crippen MR) is 77.4 cm³/mol. The van der Waals surface area contributed by atoms with Crippen LogP contribution in [0.3, 0.4) is 0 Å². The Labute approximate surface area is 121 Å². The van der Waals surface area contributed by atoms with Gasteiger partial charge in [0.2, 0.25) is 0 Å². The Kier molecular flexibility index (Phi) is 6.86. The van der Waals surface area contributed by atoms with Crippen molar-refractivity contribution in [1.82, 2.24) is 0 Å². The maximum absolute atomic E-state index is 10.6. The molecule has 1 unspecified atom stereocenters. The van der Waals surface area contributed by atoms with E-state index in [1.807, 2.05) is 12.1 Å². The summed E-state index contributed by atoms with van der Waals surface area (Å²) in [5.41, 5.74) is 6.60. The summed E-state index contributed by atoms with van der Waals surface area (Å²) in [5, 5.41) is 9.78. The molecule has 0 aliphatic heterocycles. The van der Waals surface area contributed by atoms with Crippen molar-refractivity contribution in [1.29, 1.82) is 0 Å². The third-order valence-corrected chi connectivity index (χ3v) is 4.39. The lowest BCUT2D eigenvalue weighted by atomic mass is 10.1. The van der Waals surface area contributed by atoms with E-state index in [0.717, 1.165) is 17.1 Å². The third-order valence-electron chi connectivity index (χ3n) is 2.40. The number of hydrogen-bond donors (Lipinski definition) is 2. The highest BCUT2D eigenvalue weighted by atomic mass is 35.5. The number of benzene rings is 1. The Morgan fingerprint density at radius 1 is 1.39 bits per heavy atom. The number of nitrogens with two attached hydrogens (primary N) is 1. The minimum absolute atomic E-state index is 0.00951. The van der Waals surface area contributed by atoms with Crippen LogP contribution >= 0.6 is 35.0 Å². The van der Waals surface area contributed by atoms with E-state index in [1.54, 1.807) is 17.8 Å². The van der Waals surface area contributed by atoms with Gasteiger partial charge in [-0.3, -0.25) is 4.79 Å². The number of aliphatic carboxylic acids is 1. The highest BCUT2D eigenvalue weighted by molar-refractivity contribution is 7.98. The van der Waals surface area contributed by atoms with E-state index >= 15 is 0 Å². The Morgan fingerprint density at radius 2 is 2.11 bits per heavy atom. The average Bonchev–Trinajstić information content (AvgIpc) is 2.32. The van der Waals surface area contributed by atoms with Gasteiger partial charge >= 0.3 is 5.97 Å². The monoisotopic (exact) mass is 307 g/mol. The summed E-state index contributed by atoms with van der Waals surface area (Å²) in [6.07, 6.45) is 0.116. The van der Waals surface area contributed by atoms with E-state index < -0.39 is 5.97 Å². The molecule has 3 N–H and O–H groups in total. The fourth-order valence-electron chi connectivity index (χ4n) is 1.43. The normalized spacial score (nSPS) is 12.4. The second-order valence-corrected chi connectivity index (χ2v) is 5.81. The van der Waals surface area contributed by atoms with Crippen molar-refractivity contribution in [2.24, 2.45) is 11.7 Å². The lowest BCUT2D eigenvalue weighted by Crippen LogP contribution is -2.20. The smallest absolute Gasteiger partial charge is 0.303 e. The quantitative estimate of drug-likeness (QED) is 0.811. The van der Waals surface area contributed by atoms with Crippen LogP contribution in [0.15, 0.2) is 18.2 Å². The number of thioether (sulfide) groups is 1. The molecule has 18 heavy (non-hydrogen) atoms. The van der Waals surface area contributed by atoms with Gasteiger partial charge in [0.25, 0.3) is 0 Å². The average molecular weight is 308 g/mol. The van der Waals surface area contributed by atoms with E-state index in [0.29, 0.717) is 16.6 Å². The molecule has 1 aromatic rings. The fourth-order valence-corrected chi connectivity index (χ4v) is 2.87. The minimum Gasteiger partial charge on any atom is -0.481 e. The second kappa shape index (κ2) is 7.89. The first kappa shape index (κ1) is 15.6. The first-order chi connectivity index (χ1) is 8.52. The van der Waals surface area contributed by atoms with Crippen LogP contribution in [0.25, 0.3) is 0 Å². The summed E-state index contributed by atoms with van der Waals surface area (Å²) in [6, 6.07) is 5.50. The van der Waals surface area contributed by atoms with Crippen molar-refractivity contribution < 1.29 is 9.90 Å². The molecular formula is C12H15Cl2NO2S. The van der Waals surface area contributed by atoms with E-state index in [-0.39, 0.29) is 12.3 Å². The van der Waals surface area contributed by atoms with Crippen molar-refractivity contribution in [2.75, 3.05) is 12.3 Å². The summed E-state index contributed by atoms with van der Waals surface area (Å²) in [7, 11) is 0. The summed E-state index contributed by atoms with van der Waals surface area (Å²) in [6.45, 7) is 0.390. The molecule has 0 radical (unpaired) electrons. The van der Waals surface area contributed by atoms with Gasteiger partial charge in [0, 0.05) is 5.75 Å². The molecule has 6 heteroatoms. The van der Waals surface area contributed by atoms with Crippen LogP contribution < -0.4 is 5.73 Å².